The number of nitrogens with one attached hydrogen (secondary N) is 2. The molecule has 4 nitrogen and oxygen atoms in total. The van der Waals surface area contributed by atoms with E-state index >= 15 is 0 Å². The summed E-state index contributed by atoms with van der Waals surface area (Å²) in [7, 11) is 0. The number of nitrogens with zero attached hydrogens (tertiary/aromatic N) is 1. The first-order valence-electron chi connectivity index (χ1n) is 8.45. The summed E-state index contributed by atoms with van der Waals surface area (Å²) >= 11 is 0. The topological polar surface area (TPSA) is 57.8 Å². The second-order valence-corrected chi connectivity index (χ2v) is 7.13. The van der Waals surface area contributed by atoms with E-state index in [1.165, 1.54) is 25.7 Å². The maximum atomic E-state index is 11.9. The first-order valence-corrected chi connectivity index (χ1v) is 8.45. The summed E-state index contributed by atoms with van der Waals surface area (Å²) in [5, 5.41) is 3.44. The molecular formula is C17H27N3O. The average molecular weight is 289 g/mol. The Morgan fingerprint density at radius 1 is 1.24 bits per heavy atom. The van der Waals surface area contributed by atoms with Crippen LogP contribution in [0.5, 0.6) is 0 Å². The summed E-state index contributed by atoms with van der Waals surface area (Å²) in [4.78, 5) is 19.5. The highest BCUT2D eigenvalue weighted by atomic mass is 16.1. The number of hydrogen-bond donors (Lipinski definition) is 2. The molecule has 2 aliphatic carbocycles. The maximum Gasteiger partial charge on any atom is 0.251 e. The van der Waals surface area contributed by atoms with Gasteiger partial charge in [0.15, 0.2) is 0 Å². The van der Waals surface area contributed by atoms with Crippen molar-refractivity contribution >= 4 is 0 Å². The molecule has 4 heteroatoms. The fraction of sp³-hybridized carbons (Fsp3) is 0.765. The molecule has 0 saturated heterocycles. The van der Waals surface area contributed by atoms with Gasteiger partial charge in [0.2, 0.25) is 0 Å². The standard InChI is InChI=1S/C17H27N3O/c1-11(2)12-3-5-13(6-4-12)17-19-15(9-16(21)20-17)10-18-14-7-8-14/h9,11-14,18H,3-8,10H2,1-2H3,(H,19,20,21). The zero-order valence-corrected chi connectivity index (χ0v) is 13.2. The zero-order valence-electron chi connectivity index (χ0n) is 13.2. The molecule has 0 unspecified atom stereocenters. The van der Waals surface area contributed by atoms with E-state index in [0.717, 1.165) is 42.7 Å². The molecule has 2 fully saturated rings. The van der Waals surface area contributed by atoms with Gasteiger partial charge in [-0.15, -0.1) is 0 Å². The predicted octanol–water partition coefficient (Wildman–Crippen LogP) is 2.95. The molecule has 0 bridgehead atoms. The summed E-state index contributed by atoms with van der Waals surface area (Å²) in [5.74, 6) is 2.96. The van der Waals surface area contributed by atoms with Gasteiger partial charge in [-0.1, -0.05) is 13.8 Å². The maximum absolute atomic E-state index is 11.9. The molecule has 116 valence electrons. The fourth-order valence-electron chi connectivity index (χ4n) is 3.41. The molecule has 1 heterocycles. The lowest BCUT2D eigenvalue weighted by Gasteiger charge is -2.30. The van der Waals surface area contributed by atoms with Crippen LogP contribution >= 0.6 is 0 Å². The van der Waals surface area contributed by atoms with Gasteiger partial charge in [-0.25, -0.2) is 4.98 Å². The number of aromatic nitrogens is 2. The third kappa shape index (κ3) is 3.94. The Bertz CT molecular complexity index is 525. The molecule has 21 heavy (non-hydrogen) atoms. The average Bonchev–Trinajstić information content (AvgIpc) is 3.29. The van der Waals surface area contributed by atoms with Gasteiger partial charge in [0.05, 0.1) is 5.69 Å². The third-order valence-corrected chi connectivity index (χ3v) is 5.06. The minimum Gasteiger partial charge on any atom is -0.310 e. The first kappa shape index (κ1) is 14.8. The van der Waals surface area contributed by atoms with Gasteiger partial charge in [-0.3, -0.25) is 4.79 Å². The second-order valence-electron chi connectivity index (χ2n) is 7.13. The van der Waals surface area contributed by atoms with Crippen molar-refractivity contribution in [3.63, 3.8) is 0 Å². The quantitative estimate of drug-likeness (QED) is 0.876. The van der Waals surface area contributed by atoms with Crippen molar-refractivity contribution in [1.29, 1.82) is 0 Å². The SMILES string of the molecule is CC(C)C1CCC(c2nc(CNC3CC3)cc(=O)[nH]2)CC1. The Morgan fingerprint density at radius 2 is 1.95 bits per heavy atom. The van der Waals surface area contributed by atoms with Gasteiger partial charge >= 0.3 is 0 Å². The van der Waals surface area contributed by atoms with Crippen LogP contribution in [-0.4, -0.2) is 16.0 Å². The lowest BCUT2D eigenvalue weighted by atomic mass is 9.77. The smallest absolute Gasteiger partial charge is 0.251 e. The normalized spacial score (nSPS) is 26.2. The van der Waals surface area contributed by atoms with Crippen LogP contribution in [0.25, 0.3) is 0 Å². The molecule has 1 aromatic heterocycles. The molecule has 2 saturated carbocycles. The Labute approximate surface area is 126 Å². The molecule has 0 aromatic carbocycles. The molecule has 0 radical (unpaired) electrons. The van der Waals surface area contributed by atoms with E-state index in [4.69, 9.17) is 4.98 Å². The van der Waals surface area contributed by atoms with Crippen molar-refractivity contribution in [2.45, 2.75) is 70.9 Å². The molecule has 3 rings (SSSR count). The monoisotopic (exact) mass is 289 g/mol. The number of rotatable bonds is 5. The van der Waals surface area contributed by atoms with Crippen LogP contribution in [0, 0.1) is 11.8 Å². The van der Waals surface area contributed by atoms with E-state index in [9.17, 15) is 4.79 Å². The van der Waals surface area contributed by atoms with Crippen LogP contribution in [0.4, 0.5) is 0 Å². The number of aromatic amines is 1. The van der Waals surface area contributed by atoms with Gasteiger partial charge < -0.3 is 10.3 Å². The Kier molecular flexibility index (Phi) is 4.43. The van der Waals surface area contributed by atoms with E-state index in [1.54, 1.807) is 6.07 Å². The minimum atomic E-state index is -0.00131. The van der Waals surface area contributed by atoms with Crippen molar-refractivity contribution in [1.82, 2.24) is 15.3 Å². The summed E-state index contributed by atoms with van der Waals surface area (Å²) in [5.41, 5.74) is 0.894. The van der Waals surface area contributed by atoms with E-state index in [0.29, 0.717) is 12.0 Å². The van der Waals surface area contributed by atoms with E-state index in [-0.39, 0.29) is 5.56 Å². The molecule has 1 aromatic rings. The van der Waals surface area contributed by atoms with Crippen molar-refractivity contribution in [3.05, 3.63) is 27.9 Å². The summed E-state index contributed by atoms with van der Waals surface area (Å²) in [6, 6.07) is 2.29. The minimum absolute atomic E-state index is 0.00131. The molecule has 2 aliphatic rings. The summed E-state index contributed by atoms with van der Waals surface area (Å²) < 4.78 is 0. The van der Waals surface area contributed by atoms with Crippen LogP contribution in [0.1, 0.15) is 69.8 Å². The highest BCUT2D eigenvalue weighted by Gasteiger charge is 2.26. The second kappa shape index (κ2) is 6.30. The zero-order chi connectivity index (χ0) is 14.8. The first-order chi connectivity index (χ1) is 10.1. The molecule has 2 N–H and O–H groups in total. The third-order valence-electron chi connectivity index (χ3n) is 5.06. The van der Waals surface area contributed by atoms with E-state index in [1.807, 2.05) is 0 Å². The number of hydrogen-bond acceptors (Lipinski definition) is 3. The molecule has 0 amide bonds. The molecule has 0 spiro atoms. The largest absolute Gasteiger partial charge is 0.310 e. The van der Waals surface area contributed by atoms with Crippen LogP contribution in [0.2, 0.25) is 0 Å². The number of H-pyrrole nitrogens is 1. The van der Waals surface area contributed by atoms with Gasteiger partial charge in [0.25, 0.3) is 5.56 Å². The van der Waals surface area contributed by atoms with Gasteiger partial charge in [0, 0.05) is 24.6 Å². The Hall–Kier alpha value is -1.16. The van der Waals surface area contributed by atoms with Gasteiger partial charge in [0.1, 0.15) is 5.82 Å². The summed E-state index contributed by atoms with van der Waals surface area (Å²) in [6.07, 6.45) is 7.36. The van der Waals surface area contributed by atoms with Crippen LogP contribution in [0.15, 0.2) is 10.9 Å². The van der Waals surface area contributed by atoms with Gasteiger partial charge in [-0.05, 0) is 50.4 Å². The lowest BCUT2D eigenvalue weighted by Crippen LogP contribution is -2.24. The van der Waals surface area contributed by atoms with Crippen LogP contribution in [0.3, 0.4) is 0 Å². The van der Waals surface area contributed by atoms with E-state index < -0.39 is 0 Å². The highest BCUT2D eigenvalue weighted by molar-refractivity contribution is 5.07. The predicted molar refractivity (Wildman–Crippen MR) is 84.3 cm³/mol. The van der Waals surface area contributed by atoms with Gasteiger partial charge in [-0.2, -0.15) is 0 Å². The molecule has 0 atom stereocenters. The van der Waals surface area contributed by atoms with Crippen molar-refractivity contribution < 1.29 is 0 Å². The highest BCUT2D eigenvalue weighted by Crippen LogP contribution is 2.37. The Balaban J connectivity index is 1.65. The van der Waals surface area contributed by atoms with Crippen LogP contribution in [-0.2, 0) is 6.54 Å². The molecule has 0 aliphatic heterocycles. The molecular weight excluding hydrogens is 262 g/mol. The lowest BCUT2D eigenvalue weighted by molar-refractivity contribution is 0.254. The van der Waals surface area contributed by atoms with Crippen molar-refractivity contribution in [2.24, 2.45) is 11.8 Å². The Morgan fingerprint density at radius 3 is 2.57 bits per heavy atom. The van der Waals surface area contributed by atoms with Crippen molar-refractivity contribution in [3.8, 4) is 0 Å². The van der Waals surface area contributed by atoms with E-state index in [2.05, 4.69) is 24.1 Å². The summed E-state index contributed by atoms with van der Waals surface area (Å²) in [6.45, 7) is 5.35. The fourth-order valence-corrected chi connectivity index (χ4v) is 3.41. The van der Waals surface area contributed by atoms with Crippen LogP contribution < -0.4 is 10.9 Å². The van der Waals surface area contributed by atoms with Crippen molar-refractivity contribution in [2.75, 3.05) is 0 Å².